The number of benzene rings is 2. The number of rotatable bonds is 8. The fourth-order valence-electron chi connectivity index (χ4n) is 4.38. The van der Waals surface area contributed by atoms with E-state index in [1.807, 2.05) is 6.92 Å². The molecule has 2 aromatic carbocycles. The van der Waals surface area contributed by atoms with Crippen LogP contribution in [0.2, 0.25) is 0 Å². The fraction of sp³-hybridized carbons (Fsp3) is 0.500. The zero-order valence-corrected chi connectivity index (χ0v) is 22.1. The lowest BCUT2D eigenvalue weighted by molar-refractivity contribution is -0.106. The molecule has 0 unspecified atom stereocenters. The first-order chi connectivity index (χ1) is 16.4. The summed E-state index contributed by atoms with van der Waals surface area (Å²) in [6, 6.07) is 16.0. The number of nitrogens with two attached hydrogens (primary N) is 1. The molecule has 34 heavy (non-hydrogen) atoms. The van der Waals surface area contributed by atoms with Gasteiger partial charge in [-0.3, -0.25) is 0 Å². The topological polar surface area (TPSA) is 55.6 Å². The predicted molar refractivity (Wildman–Crippen MR) is 146 cm³/mol. The molecule has 1 saturated carbocycles. The van der Waals surface area contributed by atoms with Crippen molar-refractivity contribution in [2.75, 3.05) is 27.2 Å². The highest BCUT2D eigenvalue weighted by Gasteiger charge is 2.19. The summed E-state index contributed by atoms with van der Waals surface area (Å²) in [7, 11) is 3.88. The Labute approximate surface area is 208 Å². The lowest BCUT2D eigenvalue weighted by Gasteiger charge is -2.26. The molecule has 0 atom stereocenters. The fourth-order valence-corrected chi connectivity index (χ4v) is 4.38. The van der Waals surface area contributed by atoms with E-state index in [4.69, 9.17) is 15.3 Å². The van der Waals surface area contributed by atoms with Crippen molar-refractivity contribution in [2.45, 2.75) is 65.5 Å². The van der Waals surface area contributed by atoms with E-state index in [0.29, 0.717) is 13.2 Å². The van der Waals surface area contributed by atoms with Crippen molar-refractivity contribution in [1.29, 1.82) is 0 Å². The van der Waals surface area contributed by atoms with E-state index in [9.17, 15) is 0 Å². The lowest BCUT2D eigenvalue weighted by Crippen LogP contribution is -2.25. The average molecular weight is 467 g/mol. The normalized spacial score (nSPS) is 17.1. The number of likely N-dealkylation sites (N-methyl/N-ethyl adjacent to an activating group) is 1. The molecule has 0 saturated heterocycles. The van der Waals surface area contributed by atoms with Crippen LogP contribution >= 0.6 is 0 Å². The number of nitrogens with zero attached hydrogens (tertiary/aromatic N) is 1. The molecule has 0 spiro atoms. The van der Waals surface area contributed by atoms with Gasteiger partial charge in [0.05, 0.1) is 6.61 Å². The van der Waals surface area contributed by atoms with Gasteiger partial charge >= 0.3 is 0 Å². The molecule has 0 radical (unpaired) electrons. The van der Waals surface area contributed by atoms with Crippen molar-refractivity contribution >= 4 is 6.29 Å². The number of ether oxygens (including phenoxy) is 1. The van der Waals surface area contributed by atoms with Gasteiger partial charge in [0, 0.05) is 26.7 Å². The number of carbonyl (C=O) groups is 1. The Balaban J connectivity index is 0.000000872. The van der Waals surface area contributed by atoms with Crippen LogP contribution in [0.1, 0.15) is 69.1 Å². The first kappa shape index (κ1) is 29.8. The summed E-state index contributed by atoms with van der Waals surface area (Å²) in [5.41, 5.74) is 12.3. The molecule has 1 aliphatic carbocycles. The summed E-state index contributed by atoms with van der Waals surface area (Å²) < 4.78 is 5.46. The van der Waals surface area contributed by atoms with Gasteiger partial charge in [0.25, 0.3) is 0 Å². The van der Waals surface area contributed by atoms with Gasteiger partial charge in [0.2, 0.25) is 0 Å². The molecule has 3 rings (SSSR count). The Bertz CT molecular complexity index is 818. The number of hydrogen-bond acceptors (Lipinski definition) is 4. The van der Waals surface area contributed by atoms with Gasteiger partial charge in [-0.2, -0.15) is 0 Å². The molecular formula is C30H46N2O2. The van der Waals surface area contributed by atoms with Gasteiger partial charge in [-0.15, -0.1) is 6.58 Å². The van der Waals surface area contributed by atoms with E-state index < -0.39 is 0 Å². The van der Waals surface area contributed by atoms with Crippen LogP contribution < -0.4 is 5.73 Å². The van der Waals surface area contributed by atoms with Crippen LogP contribution in [-0.4, -0.2) is 38.4 Å². The van der Waals surface area contributed by atoms with Crippen molar-refractivity contribution in [3.63, 3.8) is 0 Å². The van der Waals surface area contributed by atoms with Gasteiger partial charge in [-0.1, -0.05) is 62.2 Å². The van der Waals surface area contributed by atoms with Crippen LogP contribution in [0.3, 0.4) is 0 Å². The summed E-state index contributed by atoms with van der Waals surface area (Å²) in [6.45, 7) is 12.2. The molecule has 0 amide bonds. The second kappa shape index (κ2) is 17.2. The Morgan fingerprint density at radius 2 is 1.59 bits per heavy atom. The lowest BCUT2D eigenvalue weighted by atomic mass is 9.79. The Hall–Kier alpha value is -2.27. The van der Waals surface area contributed by atoms with Crippen LogP contribution in [0, 0.1) is 5.92 Å². The molecule has 0 aliphatic heterocycles. The Kier molecular flexibility index (Phi) is 15.1. The van der Waals surface area contributed by atoms with E-state index in [-0.39, 0.29) is 0 Å². The van der Waals surface area contributed by atoms with Crippen molar-refractivity contribution < 1.29 is 9.53 Å². The number of methoxy groups -OCH3 is 1. The predicted octanol–water partition coefficient (Wildman–Crippen LogP) is 6.58. The molecule has 1 aliphatic rings. The first-order valence-electron chi connectivity index (χ1n) is 12.5. The highest BCUT2D eigenvalue weighted by molar-refractivity contribution is 5.65. The molecule has 2 N–H and O–H groups in total. The van der Waals surface area contributed by atoms with Crippen molar-refractivity contribution in [1.82, 2.24) is 4.90 Å². The maximum Gasteiger partial charge on any atom is 0.116 e. The van der Waals surface area contributed by atoms with E-state index in [1.165, 1.54) is 60.4 Å². The van der Waals surface area contributed by atoms with Crippen molar-refractivity contribution in [3.8, 4) is 11.1 Å². The summed E-state index contributed by atoms with van der Waals surface area (Å²) >= 11 is 0. The molecule has 0 aromatic heterocycles. The summed E-state index contributed by atoms with van der Waals surface area (Å²) in [5, 5.41) is 0. The highest BCUT2D eigenvalue weighted by atomic mass is 16.5. The third kappa shape index (κ3) is 10.3. The SMILES string of the molecule is C=CC.CC=O.COCc1cc(-c2ccc(C3CCC(C)CC3)cc2)ccc1CN(C)CCN. The molecule has 0 heterocycles. The minimum Gasteiger partial charge on any atom is -0.380 e. The number of hydrogen-bond donors (Lipinski definition) is 1. The number of carbonyl (C=O) groups excluding carboxylic acids is 1. The zero-order valence-electron chi connectivity index (χ0n) is 22.1. The van der Waals surface area contributed by atoms with Gasteiger partial charge in [-0.05, 0) is 79.5 Å². The summed E-state index contributed by atoms with van der Waals surface area (Å²) in [4.78, 5) is 11.1. The van der Waals surface area contributed by atoms with E-state index >= 15 is 0 Å². The smallest absolute Gasteiger partial charge is 0.116 e. The van der Waals surface area contributed by atoms with E-state index in [2.05, 4.69) is 67.9 Å². The minimum absolute atomic E-state index is 0.637. The van der Waals surface area contributed by atoms with Crippen molar-refractivity contribution in [2.24, 2.45) is 11.7 Å². The molecule has 1 fully saturated rings. The van der Waals surface area contributed by atoms with Gasteiger partial charge in [0.1, 0.15) is 6.29 Å². The molecule has 0 bridgehead atoms. The zero-order chi connectivity index (χ0) is 25.3. The molecule has 4 nitrogen and oxygen atoms in total. The van der Waals surface area contributed by atoms with Crippen LogP contribution in [0.25, 0.3) is 11.1 Å². The second-order valence-corrected chi connectivity index (χ2v) is 9.17. The average Bonchev–Trinajstić information content (AvgIpc) is 2.82. The number of allylic oxidation sites excluding steroid dienone is 1. The van der Waals surface area contributed by atoms with Gasteiger partial charge in [0.15, 0.2) is 0 Å². The molecule has 188 valence electrons. The third-order valence-corrected chi connectivity index (χ3v) is 6.19. The van der Waals surface area contributed by atoms with E-state index in [1.54, 1.807) is 13.2 Å². The molecule has 2 aromatic rings. The first-order valence-corrected chi connectivity index (χ1v) is 12.5. The molecule has 4 heteroatoms. The summed E-state index contributed by atoms with van der Waals surface area (Å²) in [5.74, 6) is 1.65. The summed E-state index contributed by atoms with van der Waals surface area (Å²) in [6.07, 6.45) is 7.91. The maximum absolute atomic E-state index is 8.81. The highest BCUT2D eigenvalue weighted by Crippen LogP contribution is 2.36. The van der Waals surface area contributed by atoms with Crippen LogP contribution in [-0.2, 0) is 22.7 Å². The van der Waals surface area contributed by atoms with Gasteiger partial charge < -0.3 is 20.2 Å². The minimum atomic E-state index is 0.637. The number of aldehydes is 1. The largest absolute Gasteiger partial charge is 0.380 e. The Morgan fingerprint density at radius 1 is 1.03 bits per heavy atom. The monoisotopic (exact) mass is 466 g/mol. The van der Waals surface area contributed by atoms with Crippen LogP contribution in [0.4, 0.5) is 0 Å². The standard InChI is InChI=1S/C25H36N2O.C3H6.C2H4O/c1-19-4-6-20(7-5-19)21-8-10-22(11-9-21)23-12-13-24(17-27(2)15-14-26)25(16-23)18-28-3;1-3-2;1-2-3/h8-13,16,19-20H,4-7,14-15,17-18,26H2,1-3H3;3H,1H2,2H3;2H,1H3. The Morgan fingerprint density at radius 3 is 2.12 bits per heavy atom. The quantitative estimate of drug-likeness (QED) is 0.352. The van der Waals surface area contributed by atoms with Crippen molar-refractivity contribution in [3.05, 3.63) is 71.8 Å². The molecular weight excluding hydrogens is 420 g/mol. The second-order valence-electron chi connectivity index (χ2n) is 9.17. The van der Waals surface area contributed by atoms with Crippen LogP contribution in [0.15, 0.2) is 55.1 Å². The van der Waals surface area contributed by atoms with E-state index in [0.717, 1.165) is 31.2 Å². The van der Waals surface area contributed by atoms with Gasteiger partial charge in [-0.25, -0.2) is 0 Å². The third-order valence-electron chi connectivity index (χ3n) is 6.19. The maximum atomic E-state index is 8.81. The van der Waals surface area contributed by atoms with Crippen LogP contribution in [0.5, 0.6) is 0 Å².